The van der Waals surface area contributed by atoms with Gasteiger partial charge in [0.05, 0.1) is 21.3 Å². The van der Waals surface area contributed by atoms with Gasteiger partial charge in [0.15, 0.2) is 11.5 Å². The van der Waals surface area contributed by atoms with E-state index in [1.165, 1.54) is 14.2 Å². The summed E-state index contributed by atoms with van der Waals surface area (Å²) in [6.07, 6.45) is 0. The molecule has 0 aromatic heterocycles. The number of methoxy groups -OCH3 is 2. The van der Waals surface area contributed by atoms with Crippen molar-refractivity contribution in [1.29, 1.82) is 0 Å². The van der Waals surface area contributed by atoms with Crippen LogP contribution in [0.2, 0.25) is 0 Å². The average Bonchev–Trinajstić information content (AvgIpc) is 2.26. The summed E-state index contributed by atoms with van der Waals surface area (Å²) in [5, 5.41) is 9.56. The second kappa shape index (κ2) is 5.43. The van der Waals surface area contributed by atoms with Gasteiger partial charge in [-0.05, 0) is 6.07 Å². The molecule has 0 radical (unpaired) electrons. The van der Waals surface area contributed by atoms with E-state index in [1.807, 2.05) is 0 Å². The number of nitrogens with one attached hydrogen (secondary N) is 1. The van der Waals surface area contributed by atoms with E-state index in [0.29, 0.717) is 18.0 Å². The Bertz CT molecular complexity index is 327. The molecule has 0 amide bonds. The zero-order valence-corrected chi connectivity index (χ0v) is 9.03. The van der Waals surface area contributed by atoms with Crippen LogP contribution in [0.3, 0.4) is 0 Å². The Balaban J connectivity index is 2.98. The summed E-state index contributed by atoms with van der Waals surface area (Å²) < 4.78 is 10.1. The number of ether oxygens (including phenoxy) is 2. The normalized spacial score (nSPS) is 10.1. The second-order valence-electron chi connectivity index (χ2n) is 2.86. The lowest BCUT2D eigenvalue weighted by molar-refractivity contribution is 0.0860. The average molecular weight is 213 g/mol. The van der Waals surface area contributed by atoms with E-state index < -0.39 is 0 Å². The molecule has 0 aliphatic carbocycles. The van der Waals surface area contributed by atoms with E-state index >= 15 is 0 Å². The Morgan fingerprint density at radius 1 is 1.13 bits per heavy atom. The fourth-order valence-corrected chi connectivity index (χ4v) is 1.23. The number of hydrogen-bond acceptors (Lipinski definition) is 5. The van der Waals surface area contributed by atoms with Crippen molar-refractivity contribution in [1.82, 2.24) is 5.48 Å². The molecule has 15 heavy (non-hydrogen) atoms. The van der Waals surface area contributed by atoms with Gasteiger partial charge >= 0.3 is 0 Å². The van der Waals surface area contributed by atoms with Gasteiger partial charge in [-0.25, -0.2) is 0 Å². The van der Waals surface area contributed by atoms with Crippen LogP contribution in [0, 0.1) is 0 Å². The third-order valence-corrected chi connectivity index (χ3v) is 1.99. The molecule has 0 fully saturated rings. The van der Waals surface area contributed by atoms with Gasteiger partial charge < -0.3 is 19.4 Å². The Labute approximate surface area is 88.5 Å². The van der Waals surface area contributed by atoms with Crippen molar-refractivity contribution < 1.29 is 19.4 Å². The van der Waals surface area contributed by atoms with Gasteiger partial charge in [0, 0.05) is 18.2 Å². The Kier molecular flexibility index (Phi) is 4.20. The monoisotopic (exact) mass is 213 g/mol. The number of benzene rings is 1. The second-order valence-corrected chi connectivity index (χ2v) is 2.86. The summed E-state index contributed by atoms with van der Waals surface area (Å²) in [5.74, 6) is 1.09. The highest BCUT2D eigenvalue weighted by Gasteiger charge is 2.09. The number of rotatable bonds is 5. The number of phenols is 1. The van der Waals surface area contributed by atoms with Crippen molar-refractivity contribution in [2.24, 2.45) is 0 Å². The zero-order chi connectivity index (χ0) is 11.3. The lowest BCUT2D eigenvalue weighted by Gasteiger charge is -2.11. The van der Waals surface area contributed by atoms with Gasteiger partial charge in [-0.3, -0.25) is 0 Å². The largest absolute Gasteiger partial charge is 0.504 e. The van der Waals surface area contributed by atoms with Crippen LogP contribution in [0.1, 0.15) is 5.56 Å². The molecule has 2 N–H and O–H groups in total. The Morgan fingerprint density at radius 3 is 2.33 bits per heavy atom. The molecule has 0 bridgehead atoms. The summed E-state index contributed by atoms with van der Waals surface area (Å²) in [6.45, 7) is 0.442. The van der Waals surface area contributed by atoms with Crippen LogP contribution in [-0.2, 0) is 11.4 Å². The van der Waals surface area contributed by atoms with Crippen LogP contribution in [0.25, 0.3) is 0 Å². The van der Waals surface area contributed by atoms with Crippen molar-refractivity contribution in [3.05, 3.63) is 17.7 Å². The first-order valence-corrected chi connectivity index (χ1v) is 4.42. The molecule has 1 aromatic carbocycles. The van der Waals surface area contributed by atoms with Crippen LogP contribution < -0.4 is 15.0 Å². The molecule has 0 unspecified atom stereocenters. The van der Waals surface area contributed by atoms with Crippen molar-refractivity contribution in [2.75, 3.05) is 21.3 Å². The van der Waals surface area contributed by atoms with Crippen molar-refractivity contribution in [2.45, 2.75) is 6.54 Å². The van der Waals surface area contributed by atoms with Crippen LogP contribution in [-0.4, -0.2) is 26.4 Å². The minimum atomic E-state index is 0.0752. The first-order chi connectivity index (χ1) is 7.22. The number of phenolic OH excluding ortho intramolecular Hbond substituents is 1. The fourth-order valence-electron chi connectivity index (χ4n) is 1.23. The van der Waals surface area contributed by atoms with E-state index in [1.54, 1.807) is 19.2 Å². The predicted molar refractivity (Wildman–Crippen MR) is 55.1 cm³/mol. The number of hydroxylamine groups is 1. The van der Waals surface area contributed by atoms with Crippen LogP contribution in [0.5, 0.6) is 17.2 Å². The molecule has 5 heteroatoms. The molecule has 1 aromatic rings. The minimum Gasteiger partial charge on any atom is -0.504 e. The molecule has 0 aliphatic rings. The van der Waals surface area contributed by atoms with E-state index in [4.69, 9.17) is 14.3 Å². The fraction of sp³-hybridized carbons (Fsp3) is 0.400. The highest BCUT2D eigenvalue weighted by Crippen LogP contribution is 2.33. The van der Waals surface area contributed by atoms with Crippen LogP contribution in [0.15, 0.2) is 12.1 Å². The molecule has 84 valence electrons. The molecule has 0 saturated heterocycles. The molecule has 5 nitrogen and oxygen atoms in total. The molecule has 0 spiro atoms. The summed E-state index contributed by atoms with van der Waals surface area (Å²) in [7, 11) is 4.57. The highest BCUT2D eigenvalue weighted by molar-refractivity contribution is 5.49. The first kappa shape index (κ1) is 11.6. The molecule has 0 aliphatic heterocycles. The standard InChI is InChI=1S/C10H15NO4/c1-13-9-5-10(14-2)8(12)4-7(9)6-11-15-3/h4-5,11-12H,6H2,1-3H3. The minimum absolute atomic E-state index is 0.0752. The molecule has 1 rings (SSSR count). The van der Waals surface area contributed by atoms with Crippen LogP contribution in [0.4, 0.5) is 0 Å². The third kappa shape index (κ3) is 2.74. The maximum absolute atomic E-state index is 9.56. The summed E-state index contributed by atoms with van der Waals surface area (Å²) in [6, 6.07) is 3.20. The Morgan fingerprint density at radius 2 is 1.80 bits per heavy atom. The Hall–Kier alpha value is -1.46. The number of aromatic hydroxyl groups is 1. The quantitative estimate of drug-likeness (QED) is 0.716. The van der Waals surface area contributed by atoms with E-state index in [0.717, 1.165) is 5.56 Å². The predicted octanol–water partition coefficient (Wildman–Crippen LogP) is 1.06. The van der Waals surface area contributed by atoms with E-state index in [9.17, 15) is 5.11 Å². The van der Waals surface area contributed by atoms with Gasteiger partial charge in [0.1, 0.15) is 5.75 Å². The van der Waals surface area contributed by atoms with E-state index in [2.05, 4.69) is 5.48 Å². The van der Waals surface area contributed by atoms with Crippen molar-refractivity contribution >= 4 is 0 Å². The third-order valence-electron chi connectivity index (χ3n) is 1.99. The summed E-state index contributed by atoms with van der Waals surface area (Å²) >= 11 is 0. The zero-order valence-electron chi connectivity index (χ0n) is 9.03. The molecular weight excluding hydrogens is 198 g/mol. The first-order valence-electron chi connectivity index (χ1n) is 4.42. The molecule has 0 atom stereocenters. The van der Waals surface area contributed by atoms with Crippen molar-refractivity contribution in [3.63, 3.8) is 0 Å². The van der Waals surface area contributed by atoms with Gasteiger partial charge in [-0.1, -0.05) is 0 Å². The maximum atomic E-state index is 9.56. The van der Waals surface area contributed by atoms with Gasteiger partial charge in [-0.15, -0.1) is 0 Å². The topological polar surface area (TPSA) is 60.0 Å². The highest BCUT2D eigenvalue weighted by atomic mass is 16.6. The summed E-state index contributed by atoms with van der Waals surface area (Å²) in [4.78, 5) is 4.72. The molecular formula is C10H15NO4. The van der Waals surface area contributed by atoms with Gasteiger partial charge in [0.2, 0.25) is 0 Å². The van der Waals surface area contributed by atoms with Gasteiger partial charge in [0.25, 0.3) is 0 Å². The molecule has 0 heterocycles. The lowest BCUT2D eigenvalue weighted by atomic mass is 10.2. The number of hydrogen-bond donors (Lipinski definition) is 2. The SMILES string of the molecule is CONCc1cc(O)c(OC)cc1OC. The maximum Gasteiger partial charge on any atom is 0.164 e. The van der Waals surface area contributed by atoms with E-state index in [-0.39, 0.29) is 5.75 Å². The smallest absolute Gasteiger partial charge is 0.164 e. The van der Waals surface area contributed by atoms with Crippen molar-refractivity contribution in [3.8, 4) is 17.2 Å². The summed E-state index contributed by atoms with van der Waals surface area (Å²) in [5.41, 5.74) is 3.46. The van der Waals surface area contributed by atoms with Crippen LogP contribution >= 0.6 is 0 Å². The molecule has 0 saturated carbocycles. The van der Waals surface area contributed by atoms with Gasteiger partial charge in [-0.2, -0.15) is 5.48 Å². The lowest BCUT2D eigenvalue weighted by Crippen LogP contribution is -2.11.